The number of aryl methyl sites for hydroxylation is 1. The maximum absolute atomic E-state index is 14.2. The van der Waals surface area contributed by atoms with E-state index in [2.05, 4.69) is 17.4 Å². The molecule has 0 amide bonds. The van der Waals surface area contributed by atoms with E-state index in [9.17, 15) is 8.78 Å². The molecule has 2 aromatic carbocycles. The highest BCUT2D eigenvalue weighted by Crippen LogP contribution is 2.44. The van der Waals surface area contributed by atoms with Crippen LogP contribution in [0.25, 0.3) is 0 Å². The second-order valence-electron chi connectivity index (χ2n) is 5.40. The van der Waals surface area contributed by atoms with Gasteiger partial charge in [-0.15, -0.1) is 0 Å². The fraction of sp³-hybridized carbons (Fsp3) is 0.294. The predicted octanol–water partition coefficient (Wildman–Crippen LogP) is 3.87. The summed E-state index contributed by atoms with van der Waals surface area (Å²) in [6, 6.07) is 10.6. The minimum Gasteiger partial charge on any atom is -0.312 e. The third-order valence-electron chi connectivity index (χ3n) is 4.22. The molecule has 0 aromatic heterocycles. The van der Waals surface area contributed by atoms with Crippen molar-refractivity contribution >= 4 is 0 Å². The predicted molar refractivity (Wildman–Crippen MR) is 75.8 cm³/mol. The van der Waals surface area contributed by atoms with Crippen LogP contribution in [0.4, 0.5) is 8.78 Å². The van der Waals surface area contributed by atoms with Gasteiger partial charge in [0.05, 0.1) is 0 Å². The molecule has 2 aromatic rings. The van der Waals surface area contributed by atoms with E-state index in [4.69, 9.17) is 0 Å². The van der Waals surface area contributed by atoms with Crippen molar-refractivity contribution < 1.29 is 8.78 Å². The molecule has 2 atom stereocenters. The van der Waals surface area contributed by atoms with E-state index in [-0.39, 0.29) is 23.6 Å². The van der Waals surface area contributed by atoms with Crippen molar-refractivity contribution in [3.05, 3.63) is 70.3 Å². The molecular weight excluding hydrogens is 256 g/mol. The van der Waals surface area contributed by atoms with Crippen LogP contribution in [0.2, 0.25) is 0 Å². The Kier molecular flexibility index (Phi) is 3.30. The van der Waals surface area contributed by atoms with Gasteiger partial charge >= 0.3 is 0 Å². The van der Waals surface area contributed by atoms with Gasteiger partial charge in [-0.05, 0) is 49.2 Å². The Morgan fingerprint density at radius 3 is 2.60 bits per heavy atom. The van der Waals surface area contributed by atoms with Crippen molar-refractivity contribution in [3.8, 4) is 0 Å². The Balaban J connectivity index is 1.98. The number of rotatable bonds is 3. The monoisotopic (exact) mass is 273 g/mol. The topological polar surface area (TPSA) is 12.0 Å². The number of halogens is 2. The third-order valence-corrected chi connectivity index (χ3v) is 4.22. The van der Waals surface area contributed by atoms with E-state index in [1.54, 1.807) is 14.0 Å². The molecule has 3 rings (SSSR count). The number of hydrogen-bond donors (Lipinski definition) is 1. The van der Waals surface area contributed by atoms with Gasteiger partial charge in [0.2, 0.25) is 0 Å². The molecule has 0 spiro atoms. The van der Waals surface area contributed by atoms with E-state index >= 15 is 0 Å². The van der Waals surface area contributed by atoms with Crippen LogP contribution >= 0.6 is 0 Å². The molecule has 0 heterocycles. The summed E-state index contributed by atoms with van der Waals surface area (Å²) in [4.78, 5) is 0. The Bertz CT molecular complexity index is 651. The summed E-state index contributed by atoms with van der Waals surface area (Å²) in [5.74, 6) is -0.491. The van der Waals surface area contributed by atoms with E-state index < -0.39 is 0 Å². The molecule has 104 valence electrons. The summed E-state index contributed by atoms with van der Waals surface area (Å²) >= 11 is 0. The average molecular weight is 273 g/mol. The van der Waals surface area contributed by atoms with E-state index in [0.29, 0.717) is 11.1 Å². The minimum atomic E-state index is -0.353. The second kappa shape index (κ2) is 4.98. The second-order valence-corrected chi connectivity index (χ2v) is 5.40. The van der Waals surface area contributed by atoms with Crippen molar-refractivity contribution in [3.63, 3.8) is 0 Å². The lowest BCUT2D eigenvalue weighted by atomic mass is 9.71. The van der Waals surface area contributed by atoms with E-state index in [1.165, 1.54) is 23.3 Å². The van der Waals surface area contributed by atoms with Crippen molar-refractivity contribution in [2.45, 2.75) is 25.3 Å². The van der Waals surface area contributed by atoms with Crippen LogP contribution in [0.1, 0.15) is 34.2 Å². The maximum atomic E-state index is 14.2. The van der Waals surface area contributed by atoms with Gasteiger partial charge in [-0.2, -0.15) is 0 Å². The normalized spacial score (nSPS) is 18.3. The van der Waals surface area contributed by atoms with Crippen LogP contribution in [0, 0.1) is 18.6 Å². The highest BCUT2D eigenvalue weighted by molar-refractivity contribution is 5.43. The first-order valence-corrected chi connectivity index (χ1v) is 6.82. The Morgan fingerprint density at radius 1 is 1.15 bits per heavy atom. The Hall–Kier alpha value is -1.74. The molecule has 1 nitrogen and oxygen atoms in total. The lowest BCUT2D eigenvalue weighted by molar-refractivity contribution is 0.419. The van der Waals surface area contributed by atoms with Gasteiger partial charge in [-0.25, -0.2) is 8.78 Å². The summed E-state index contributed by atoms with van der Waals surface area (Å²) in [5.41, 5.74) is 3.28. The third kappa shape index (κ3) is 2.02. The molecule has 1 aliphatic carbocycles. The van der Waals surface area contributed by atoms with Crippen LogP contribution in [0.3, 0.4) is 0 Å². The fourth-order valence-electron chi connectivity index (χ4n) is 3.07. The van der Waals surface area contributed by atoms with Crippen LogP contribution in [0.5, 0.6) is 0 Å². The number of hydrogen-bond acceptors (Lipinski definition) is 1. The molecule has 0 saturated carbocycles. The lowest BCUT2D eigenvalue weighted by Crippen LogP contribution is -2.32. The van der Waals surface area contributed by atoms with Gasteiger partial charge in [0.25, 0.3) is 0 Å². The van der Waals surface area contributed by atoms with Crippen molar-refractivity contribution in [2.75, 3.05) is 7.05 Å². The fourth-order valence-corrected chi connectivity index (χ4v) is 3.07. The molecule has 0 aliphatic heterocycles. The smallest absolute Gasteiger partial charge is 0.128 e. The van der Waals surface area contributed by atoms with Crippen molar-refractivity contribution in [1.29, 1.82) is 0 Å². The zero-order chi connectivity index (χ0) is 14.3. The summed E-state index contributed by atoms with van der Waals surface area (Å²) in [5, 5.41) is 3.14. The van der Waals surface area contributed by atoms with Gasteiger partial charge in [0.15, 0.2) is 0 Å². The molecule has 0 radical (unpaired) electrons. The number of fused-ring (bicyclic) bond motifs is 1. The maximum Gasteiger partial charge on any atom is 0.128 e. The zero-order valence-corrected chi connectivity index (χ0v) is 11.6. The van der Waals surface area contributed by atoms with E-state index in [1.807, 2.05) is 12.1 Å². The van der Waals surface area contributed by atoms with Gasteiger partial charge in [-0.1, -0.05) is 24.3 Å². The van der Waals surface area contributed by atoms with Gasteiger partial charge in [0, 0.05) is 17.5 Å². The molecule has 0 fully saturated rings. The van der Waals surface area contributed by atoms with Crippen molar-refractivity contribution in [2.24, 2.45) is 0 Å². The van der Waals surface area contributed by atoms with Gasteiger partial charge in [0.1, 0.15) is 11.6 Å². The quantitative estimate of drug-likeness (QED) is 0.895. The van der Waals surface area contributed by atoms with Crippen LogP contribution in [0.15, 0.2) is 36.4 Å². The number of benzene rings is 2. The first-order valence-electron chi connectivity index (χ1n) is 6.82. The first-order chi connectivity index (χ1) is 9.61. The zero-order valence-electron chi connectivity index (χ0n) is 11.6. The van der Waals surface area contributed by atoms with Crippen LogP contribution in [-0.4, -0.2) is 7.05 Å². The highest BCUT2D eigenvalue weighted by atomic mass is 19.1. The molecular formula is C17H17F2N. The summed E-state index contributed by atoms with van der Waals surface area (Å²) in [7, 11) is 1.79. The Morgan fingerprint density at radius 2 is 1.90 bits per heavy atom. The Labute approximate surface area is 117 Å². The van der Waals surface area contributed by atoms with Crippen molar-refractivity contribution in [1.82, 2.24) is 5.32 Å². The SMILES string of the molecule is CNC(c1cc(F)c(C)cc1F)C1Cc2ccccc21. The van der Waals surface area contributed by atoms with Gasteiger partial charge < -0.3 is 5.32 Å². The molecule has 20 heavy (non-hydrogen) atoms. The standard InChI is InChI=1S/C17H17F2N/c1-10-7-16(19)14(9-15(10)18)17(20-2)13-8-11-5-3-4-6-12(11)13/h3-7,9,13,17,20H,8H2,1-2H3. The molecule has 2 unspecified atom stereocenters. The summed E-state index contributed by atoms with van der Waals surface area (Å²) in [6.45, 7) is 1.58. The molecule has 1 N–H and O–H groups in total. The largest absolute Gasteiger partial charge is 0.312 e. The molecule has 1 aliphatic rings. The molecule has 3 heteroatoms. The lowest BCUT2D eigenvalue weighted by Gasteiger charge is -2.37. The van der Waals surface area contributed by atoms with E-state index in [0.717, 1.165) is 6.42 Å². The first kappa shape index (κ1) is 13.3. The summed E-state index contributed by atoms with van der Waals surface area (Å²) in [6.07, 6.45) is 0.899. The van der Waals surface area contributed by atoms with Crippen LogP contribution in [-0.2, 0) is 6.42 Å². The number of nitrogens with one attached hydrogen (secondary N) is 1. The summed E-state index contributed by atoms with van der Waals surface area (Å²) < 4.78 is 27.9. The highest BCUT2D eigenvalue weighted by Gasteiger charge is 2.34. The number of likely N-dealkylation sites (N-methyl/N-ethyl adjacent to an activating group) is 1. The van der Waals surface area contributed by atoms with Gasteiger partial charge in [-0.3, -0.25) is 0 Å². The molecule has 0 bridgehead atoms. The molecule has 0 saturated heterocycles. The average Bonchev–Trinajstić information content (AvgIpc) is 2.41. The van der Waals surface area contributed by atoms with Crippen LogP contribution < -0.4 is 5.32 Å². The minimum absolute atomic E-state index is 0.194.